The molecule has 9 heteroatoms. The van der Waals surface area contributed by atoms with E-state index in [1.54, 1.807) is 12.3 Å². The van der Waals surface area contributed by atoms with Crippen LogP contribution in [0.5, 0.6) is 0 Å². The second-order valence-corrected chi connectivity index (χ2v) is 6.61. The molecule has 3 aromatic heterocycles. The van der Waals surface area contributed by atoms with Crippen molar-refractivity contribution in [1.29, 1.82) is 0 Å². The van der Waals surface area contributed by atoms with Gasteiger partial charge in [0.05, 0.1) is 18.6 Å². The van der Waals surface area contributed by atoms with Crippen molar-refractivity contribution >= 4 is 11.8 Å². The molecule has 0 spiro atoms. The highest BCUT2D eigenvalue weighted by Crippen LogP contribution is 2.28. The van der Waals surface area contributed by atoms with Gasteiger partial charge in [0.25, 0.3) is 0 Å². The lowest BCUT2D eigenvalue weighted by Gasteiger charge is -2.10. The Morgan fingerprint density at radius 2 is 1.93 bits per heavy atom. The largest absolute Gasteiger partial charge is 0.461 e. The van der Waals surface area contributed by atoms with Crippen LogP contribution >= 0.6 is 11.8 Å². The summed E-state index contributed by atoms with van der Waals surface area (Å²) in [5.41, 5.74) is 1.07. The first-order chi connectivity index (χ1) is 13.2. The molecule has 4 aromatic rings. The fourth-order valence-electron chi connectivity index (χ4n) is 2.65. The molecule has 0 bridgehead atoms. The SMILES string of the molecule is FC(F)n1ccnc1CSc1nnc(-c2ccco2)n1Cc1ccccc1. The predicted octanol–water partition coefficient (Wildman–Crippen LogP) is 4.47. The van der Waals surface area contributed by atoms with Gasteiger partial charge in [0, 0.05) is 12.4 Å². The second kappa shape index (κ2) is 7.75. The van der Waals surface area contributed by atoms with Gasteiger partial charge >= 0.3 is 6.55 Å². The van der Waals surface area contributed by atoms with Crippen LogP contribution in [0.15, 0.2) is 70.7 Å². The highest BCUT2D eigenvalue weighted by Gasteiger charge is 2.18. The van der Waals surface area contributed by atoms with E-state index in [-0.39, 0.29) is 11.6 Å². The van der Waals surface area contributed by atoms with Gasteiger partial charge in [-0.1, -0.05) is 42.1 Å². The van der Waals surface area contributed by atoms with Gasteiger partial charge in [0.2, 0.25) is 5.82 Å². The number of halogens is 2. The van der Waals surface area contributed by atoms with Crippen LogP contribution in [-0.4, -0.2) is 24.3 Å². The van der Waals surface area contributed by atoms with Gasteiger partial charge < -0.3 is 4.42 Å². The topological polar surface area (TPSA) is 61.7 Å². The molecule has 0 saturated carbocycles. The first-order valence-electron chi connectivity index (χ1n) is 8.16. The van der Waals surface area contributed by atoms with Crippen LogP contribution in [0.3, 0.4) is 0 Å². The Labute approximate surface area is 157 Å². The highest BCUT2D eigenvalue weighted by atomic mass is 32.2. The molecule has 3 heterocycles. The lowest BCUT2D eigenvalue weighted by Crippen LogP contribution is -2.05. The number of aromatic nitrogens is 5. The van der Waals surface area contributed by atoms with Gasteiger partial charge in [0.15, 0.2) is 10.9 Å². The Morgan fingerprint density at radius 3 is 2.67 bits per heavy atom. The second-order valence-electron chi connectivity index (χ2n) is 5.67. The van der Waals surface area contributed by atoms with E-state index in [1.807, 2.05) is 41.0 Å². The maximum atomic E-state index is 13.0. The molecule has 4 rings (SSSR count). The van der Waals surface area contributed by atoms with Gasteiger partial charge in [-0.3, -0.25) is 9.13 Å². The summed E-state index contributed by atoms with van der Waals surface area (Å²) >= 11 is 1.30. The Bertz CT molecular complexity index is 998. The van der Waals surface area contributed by atoms with Crippen LogP contribution in [0.25, 0.3) is 11.6 Å². The third-order valence-electron chi connectivity index (χ3n) is 3.93. The number of nitrogens with zero attached hydrogens (tertiary/aromatic N) is 5. The van der Waals surface area contributed by atoms with Crippen LogP contribution < -0.4 is 0 Å². The number of imidazole rings is 1. The molecule has 0 amide bonds. The lowest BCUT2D eigenvalue weighted by molar-refractivity contribution is 0.0678. The molecule has 0 aliphatic heterocycles. The average Bonchev–Trinajstić information content (AvgIpc) is 3.41. The van der Waals surface area contributed by atoms with E-state index in [4.69, 9.17) is 4.42 Å². The first kappa shape index (κ1) is 17.5. The van der Waals surface area contributed by atoms with Crippen LogP contribution in [-0.2, 0) is 12.3 Å². The quantitative estimate of drug-likeness (QED) is 0.438. The molecule has 0 unspecified atom stereocenters. The Kier molecular flexibility index (Phi) is 5.01. The predicted molar refractivity (Wildman–Crippen MR) is 96.3 cm³/mol. The first-order valence-corrected chi connectivity index (χ1v) is 9.14. The zero-order valence-corrected chi connectivity index (χ0v) is 14.9. The van der Waals surface area contributed by atoms with E-state index in [9.17, 15) is 8.78 Å². The van der Waals surface area contributed by atoms with E-state index in [2.05, 4.69) is 15.2 Å². The molecule has 27 heavy (non-hydrogen) atoms. The monoisotopic (exact) mass is 387 g/mol. The molecule has 138 valence electrons. The fraction of sp³-hybridized carbons (Fsp3) is 0.167. The number of benzene rings is 1. The molecule has 0 saturated heterocycles. The van der Waals surface area contributed by atoms with E-state index in [0.29, 0.717) is 23.3 Å². The van der Waals surface area contributed by atoms with Crippen molar-refractivity contribution < 1.29 is 13.2 Å². The summed E-state index contributed by atoms with van der Waals surface area (Å²) in [6.45, 7) is -2.08. The minimum Gasteiger partial charge on any atom is -0.461 e. The van der Waals surface area contributed by atoms with E-state index < -0.39 is 6.55 Å². The van der Waals surface area contributed by atoms with Gasteiger partial charge in [-0.15, -0.1) is 10.2 Å². The number of hydrogen-bond acceptors (Lipinski definition) is 5. The van der Waals surface area contributed by atoms with Crippen LogP contribution in [0.4, 0.5) is 8.78 Å². The summed E-state index contributed by atoms with van der Waals surface area (Å²) in [6, 6.07) is 13.5. The molecular formula is C18H15F2N5OS. The lowest BCUT2D eigenvalue weighted by atomic mass is 10.2. The van der Waals surface area contributed by atoms with Crippen molar-refractivity contribution in [3.63, 3.8) is 0 Å². The number of hydrogen-bond donors (Lipinski definition) is 0. The van der Waals surface area contributed by atoms with Crippen molar-refractivity contribution in [3.05, 3.63) is 72.5 Å². The van der Waals surface area contributed by atoms with Crippen molar-refractivity contribution in [2.75, 3.05) is 0 Å². The number of furan rings is 1. The standard InChI is InChI=1S/C18H15F2N5OS/c19-17(20)24-9-8-21-15(24)12-27-18-23-22-16(14-7-4-10-26-14)25(18)11-13-5-2-1-3-6-13/h1-10,17H,11-12H2. The summed E-state index contributed by atoms with van der Waals surface area (Å²) in [4.78, 5) is 4.01. The fourth-order valence-corrected chi connectivity index (χ4v) is 3.54. The normalized spacial score (nSPS) is 11.4. The van der Waals surface area contributed by atoms with Gasteiger partial charge in [-0.05, 0) is 17.7 Å². The molecular weight excluding hydrogens is 372 g/mol. The number of thioether (sulfide) groups is 1. The molecule has 0 radical (unpaired) electrons. The third kappa shape index (κ3) is 3.77. The smallest absolute Gasteiger partial charge is 0.319 e. The summed E-state index contributed by atoms with van der Waals surface area (Å²) in [7, 11) is 0. The summed E-state index contributed by atoms with van der Waals surface area (Å²) in [5, 5.41) is 9.07. The average molecular weight is 387 g/mol. The maximum Gasteiger partial charge on any atom is 0.319 e. The Hall–Kier alpha value is -2.94. The minimum absolute atomic E-state index is 0.252. The molecule has 0 aliphatic rings. The van der Waals surface area contributed by atoms with E-state index in [1.165, 1.54) is 24.2 Å². The van der Waals surface area contributed by atoms with Crippen molar-refractivity contribution in [2.24, 2.45) is 0 Å². The molecule has 0 atom stereocenters. The van der Waals surface area contributed by atoms with Crippen LogP contribution in [0.1, 0.15) is 17.9 Å². The maximum absolute atomic E-state index is 13.0. The highest BCUT2D eigenvalue weighted by molar-refractivity contribution is 7.98. The summed E-state index contributed by atoms with van der Waals surface area (Å²) in [6.07, 6.45) is 4.21. The van der Waals surface area contributed by atoms with Gasteiger partial charge in [0.1, 0.15) is 5.82 Å². The van der Waals surface area contributed by atoms with Crippen LogP contribution in [0.2, 0.25) is 0 Å². The third-order valence-corrected chi connectivity index (χ3v) is 4.89. The zero-order chi connectivity index (χ0) is 18.6. The molecule has 0 fully saturated rings. The number of alkyl halides is 2. The van der Waals surface area contributed by atoms with E-state index in [0.717, 1.165) is 10.1 Å². The van der Waals surface area contributed by atoms with E-state index >= 15 is 0 Å². The molecule has 6 nitrogen and oxygen atoms in total. The molecule has 1 aromatic carbocycles. The Morgan fingerprint density at radius 1 is 1.07 bits per heavy atom. The molecule has 0 aliphatic carbocycles. The zero-order valence-electron chi connectivity index (χ0n) is 14.1. The van der Waals surface area contributed by atoms with Crippen molar-refractivity contribution in [1.82, 2.24) is 24.3 Å². The van der Waals surface area contributed by atoms with Gasteiger partial charge in [-0.25, -0.2) is 4.98 Å². The minimum atomic E-state index is -2.62. The summed E-state index contributed by atoms with van der Waals surface area (Å²) < 4.78 is 34.2. The van der Waals surface area contributed by atoms with Gasteiger partial charge in [-0.2, -0.15) is 8.78 Å². The summed E-state index contributed by atoms with van der Waals surface area (Å²) in [5.74, 6) is 1.72. The van der Waals surface area contributed by atoms with Crippen molar-refractivity contribution in [2.45, 2.75) is 24.0 Å². The van der Waals surface area contributed by atoms with Crippen LogP contribution in [0, 0.1) is 0 Å². The van der Waals surface area contributed by atoms with Crippen molar-refractivity contribution in [3.8, 4) is 11.6 Å². The molecule has 0 N–H and O–H groups in total. The number of rotatable bonds is 7. The Balaban J connectivity index is 1.63.